The Morgan fingerprint density at radius 2 is 1.98 bits per heavy atom. The number of rotatable bonds is 8. The third-order valence-electron chi connectivity index (χ3n) is 9.19. The Morgan fingerprint density at radius 3 is 2.60 bits per heavy atom. The molecule has 0 spiro atoms. The van der Waals surface area contributed by atoms with Gasteiger partial charge in [-0.05, 0) is 77.1 Å². The lowest BCUT2D eigenvalue weighted by Crippen LogP contribution is -2.47. The predicted octanol–water partition coefficient (Wildman–Crippen LogP) is 8.15. The highest BCUT2D eigenvalue weighted by atomic mass is 35.5. The number of carboxylic acids is 1. The fourth-order valence-electron chi connectivity index (χ4n) is 6.51. The molecule has 1 aromatic carbocycles. The number of carboxylic acid groups (broad SMARTS) is 1. The van der Waals surface area contributed by atoms with Crippen LogP contribution in [0, 0.1) is 17.3 Å². The molecule has 7 nitrogen and oxygen atoms in total. The van der Waals surface area contributed by atoms with E-state index in [2.05, 4.69) is 28.7 Å². The van der Waals surface area contributed by atoms with Gasteiger partial charge in [-0.15, -0.1) is 0 Å². The zero-order chi connectivity index (χ0) is 29.6. The summed E-state index contributed by atoms with van der Waals surface area (Å²) in [6.45, 7) is 5.67. The van der Waals surface area contributed by atoms with Crippen LogP contribution in [-0.4, -0.2) is 33.1 Å². The number of benzene rings is 1. The minimum atomic E-state index is -0.930. The van der Waals surface area contributed by atoms with Gasteiger partial charge in [-0.25, -0.2) is 4.79 Å². The van der Waals surface area contributed by atoms with Crippen molar-refractivity contribution in [2.24, 2.45) is 17.5 Å². The smallest absolute Gasteiger partial charge is 0.335 e. The largest absolute Gasteiger partial charge is 0.478 e. The highest BCUT2D eigenvalue weighted by Gasteiger charge is 2.49. The quantitative estimate of drug-likeness (QED) is 0.159. The molecule has 2 heterocycles. The van der Waals surface area contributed by atoms with E-state index in [1.54, 1.807) is 19.1 Å². The molecule has 4 saturated carbocycles. The molecule has 42 heavy (non-hydrogen) atoms. The van der Waals surface area contributed by atoms with Crippen LogP contribution in [-0.2, 0) is 18.4 Å². The Kier molecular flexibility index (Phi) is 7.59. The van der Waals surface area contributed by atoms with Crippen LogP contribution in [0.2, 0.25) is 0 Å². The third-order valence-corrected chi connectivity index (χ3v) is 9.67. The van der Waals surface area contributed by atoms with Gasteiger partial charge in [0.15, 0.2) is 0 Å². The van der Waals surface area contributed by atoms with Gasteiger partial charge in [0.25, 0.3) is 0 Å². The van der Waals surface area contributed by atoms with Crippen molar-refractivity contribution in [1.29, 1.82) is 0 Å². The molecule has 0 amide bonds. The maximum absolute atomic E-state index is 11.4. The Bertz CT molecular complexity index is 1680. The number of halogens is 2. The number of aliphatic imine (C=N–C) groups is 1. The van der Waals surface area contributed by atoms with E-state index in [1.807, 2.05) is 23.9 Å². The van der Waals surface area contributed by atoms with Crippen molar-refractivity contribution < 1.29 is 19.2 Å². The monoisotopic (exact) mass is 605 g/mol. The van der Waals surface area contributed by atoms with E-state index in [-0.39, 0.29) is 16.6 Å². The summed E-state index contributed by atoms with van der Waals surface area (Å²) >= 11 is 13.0. The van der Waals surface area contributed by atoms with Gasteiger partial charge in [0.1, 0.15) is 11.5 Å². The van der Waals surface area contributed by atoms with E-state index in [0.717, 1.165) is 79.2 Å². The Balaban J connectivity index is 1.19. The van der Waals surface area contributed by atoms with Crippen LogP contribution in [0.4, 0.5) is 0 Å². The molecule has 7 rings (SSSR count). The minimum absolute atomic E-state index is 0.0303. The van der Waals surface area contributed by atoms with Crippen molar-refractivity contribution in [3.63, 3.8) is 0 Å². The molecule has 9 heteroatoms. The molecule has 218 valence electrons. The first kappa shape index (κ1) is 28.8. The minimum Gasteiger partial charge on any atom is -0.478 e. The van der Waals surface area contributed by atoms with Crippen molar-refractivity contribution in [2.75, 3.05) is 0 Å². The standard InChI is InChI=1S/C33H33Cl2N3O4/c1-20(34)28(26(35)17-36-2)29-25(30(42-37-29)21-4-5-21)19-41-33-13-10-32(11-14-33,12-15-33)9-8-23-18-38(3)27-16-22(31(39)40)6-7-24(23)27/h6-7,16-18,21H,2,4-5,10-15,19H2,1,3H3,(H,39,40)/b26-17+,28-20-. The number of fused-ring (bicyclic) bond motifs is 4. The molecule has 2 bridgehead atoms. The lowest BCUT2D eigenvalue weighted by Gasteiger charge is -2.51. The molecule has 0 unspecified atom stereocenters. The number of carbonyl (C=O) groups is 1. The second-order valence-electron chi connectivity index (χ2n) is 11.9. The van der Waals surface area contributed by atoms with Crippen LogP contribution in [0.3, 0.4) is 0 Å². The summed E-state index contributed by atoms with van der Waals surface area (Å²) in [5.41, 5.74) is 3.97. The van der Waals surface area contributed by atoms with E-state index >= 15 is 0 Å². The van der Waals surface area contributed by atoms with Crippen LogP contribution >= 0.6 is 23.2 Å². The van der Waals surface area contributed by atoms with Gasteiger partial charge < -0.3 is 18.9 Å². The molecule has 4 fully saturated rings. The van der Waals surface area contributed by atoms with Crippen molar-refractivity contribution in [1.82, 2.24) is 9.72 Å². The van der Waals surface area contributed by atoms with Crippen LogP contribution in [0.15, 0.2) is 50.2 Å². The van der Waals surface area contributed by atoms with E-state index in [9.17, 15) is 9.90 Å². The topological polar surface area (TPSA) is 89.9 Å². The Hall–Kier alpha value is -3.31. The summed E-state index contributed by atoms with van der Waals surface area (Å²) in [4.78, 5) is 15.2. The first-order chi connectivity index (χ1) is 20.1. The van der Waals surface area contributed by atoms with Gasteiger partial charge in [-0.1, -0.05) is 46.3 Å². The van der Waals surface area contributed by atoms with Crippen molar-refractivity contribution in [3.8, 4) is 11.8 Å². The molecule has 0 radical (unpaired) electrons. The maximum atomic E-state index is 11.4. The van der Waals surface area contributed by atoms with Gasteiger partial charge in [0, 0.05) is 57.8 Å². The molecule has 4 aliphatic carbocycles. The zero-order valence-electron chi connectivity index (χ0n) is 23.8. The van der Waals surface area contributed by atoms with Crippen molar-refractivity contribution in [3.05, 3.63) is 68.8 Å². The number of aryl methyl sites for hydroxylation is 1. The lowest BCUT2D eigenvalue weighted by molar-refractivity contribution is -0.131. The molecule has 0 atom stereocenters. The van der Waals surface area contributed by atoms with Gasteiger partial charge in [-0.2, -0.15) is 0 Å². The molecule has 2 aromatic heterocycles. The van der Waals surface area contributed by atoms with Crippen LogP contribution in [0.1, 0.15) is 97.1 Å². The van der Waals surface area contributed by atoms with Crippen LogP contribution in [0.25, 0.3) is 16.5 Å². The van der Waals surface area contributed by atoms with Gasteiger partial charge >= 0.3 is 5.97 Å². The highest BCUT2D eigenvalue weighted by molar-refractivity contribution is 6.41. The number of ether oxygens (including phenoxy) is 1. The number of hydrogen-bond acceptors (Lipinski definition) is 5. The van der Waals surface area contributed by atoms with E-state index in [0.29, 0.717) is 33.9 Å². The van der Waals surface area contributed by atoms with Crippen molar-refractivity contribution >= 4 is 52.4 Å². The first-order valence-corrected chi connectivity index (χ1v) is 15.1. The summed E-state index contributed by atoms with van der Waals surface area (Å²) in [6, 6.07) is 5.21. The normalized spacial score (nSPS) is 24.3. The van der Waals surface area contributed by atoms with E-state index in [4.69, 9.17) is 32.5 Å². The molecule has 3 aromatic rings. The summed E-state index contributed by atoms with van der Waals surface area (Å²) in [5, 5.41) is 15.6. The van der Waals surface area contributed by atoms with Gasteiger partial charge in [0.2, 0.25) is 0 Å². The molecular formula is C33H33Cl2N3O4. The third kappa shape index (κ3) is 5.32. The molecule has 0 aliphatic heterocycles. The second-order valence-corrected chi connectivity index (χ2v) is 12.9. The molecule has 1 N–H and O–H groups in total. The molecule has 0 saturated heterocycles. The van der Waals surface area contributed by atoms with E-state index < -0.39 is 5.97 Å². The van der Waals surface area contributed by atoms with Crippen LogP contribution in [0.5, 0.6) is 0 Å². The molecular weight excluding hydrogens is 573 g/mol. The lowest BCUT2D eigenvalue weighted by atomic mass is 9.59. The number of aromatic carboxylic acids is 1. The second kappa shape index (κ2) is 11.1. The SMILES string of the molecule is C=N/C=C(Cl)\C(=C(/C)Cl)c1noc(C2CC2)c1COC12CCC(C#Cc3cn(C)c4cc(C(=O)O)ccc34)(CC1)CC2. The average Bonchev–Trinajstić information content (AvgIpc) is 3.67. The molecule has 4 aliphatic rings. The van der Waals surface area contributed by atoms with Crippen LogP contribution < -0.4 is 0 Å². The first-order valence-electron chi connectivity index (χ1n) is 14.3. The number of aromatic nitrogens is 2. The number of allylic oxidation sites excluding steroid dienone is 3. The van der Waals surface area contributed by atoms with Crippen molar-refractivity contribution in [2.45, 2.75) is 76.4 Å². The number of nitrogens with zero attached hydrogens (tertiary/aromatic N) is 3. The summed E-state index contributed by atoms with van der Waals surface area (Å²) in [7, 11) is 1.92. The number of hydrogen-bond donors (Lipinski definition) is 1. The summed E-state index contributed by atoms with van der Waals surface area (Å²) in [6.07, 6.45) is 11.4. The average molecular weight is 607 g/mol. The fraction of sp³-hybridized carbons (Fsp3) is 0.424. The maximum Gasteiger partial charge on any atom is 0.335 e. The Labute approximate surface area is 255 Å². The van der Waals surface area contributed by atoms with Gasteiger partial charge in [-0.3, -0.25) is 4.99 Å². The predicted molar refractivity (Wildman–Crippen MR) is 165 cm³/mol. The summed E-state index contributed by atoms with van der Waals surface area (Å²) < 4.78 is 14.5. The van der Waals surface area contributed by atoms with E-state index in [1.165, 1.54) is 6.20 Å². The summed E-state index contributed by atoms with van der Waals surface area (Å²) in [5.74, 6) is 7.39. The fourth-order valence-corrected chi connectivity index (χ4v) is 7.05. The highest BCUT2D eigenvalue weighted by Crippen LogP contribution is 2.54. The van der Waals surface area contributed by atoms with Gasteiger partial charge in [0.05, 0.1) is 28.4 Å². The Morgan fingerprint density at radius 1 is 1.26 bits per heavy atom. The zero-order valence-corrected chi connectivity index (χ0v) is 25.3.